The summed E-state index contributed by atoms with van der Waals surface area (Å²) in [4.78, 5) is 1.87. The van der Waals surface area contributed by atoms with E-state index in [1.807, 2.05) is 11.9 Å². The molecule has 64 valence electrons. The number of nitrogens with zero attached hydrogens (tertiary/aromatic N) is 1. The molecule has 0 aliphatic carbocycles. The Morgan fingerprint density at radius 2 is 2.00 bits per heavy atom. The molecule has 0 saturated carbocycles. The van der Waals surface area contributed by atoms with E-state index in [1.54, 1.807) is 0 Å². The number of hydrogen-bond donors (Lipinski definition) is 0. The molecule has 0 atom stereocenters. The Hall–Kier alpha value is 1.19. The van der Waals surface area contributed by atoms with Gasteiger partial charge >= 0.3 is 58.4 Å². The van der Waals surface area contributed by atoms with Crippen molar-refractivity contribution in [2.24, 2.45) is 0 Å². The summed E-state index contributed by atoms with van der Waals surface area (Å²) in [6.07, 6.45) is 1.43. The normalized spacial score (nSPS) is 19.8. The second kappa shape index (κ2) is 5.17. The van der Waals surface area contributed by atoms with Crippen LogP contribution < -0.4 is 51.4 Å². The van der Waals surface area contributed by atoms with Crippen molar-refractivity contribution in [3.8, 4) is 0 Å². The molecule has 1 aliphatic rings. The van der Waals surface area contributed by atoms with E-state index < -0.39 is 6.98 Å². The Bertz CT molecular complexity index is 180. The standard InChI is InChI=1S/C6H10BF3N.K/c1-11-4-2-6(3-5-11)7(8,9)10;/h2H,3-5H2,1H3;/q-1;+1. The Morgan fingerprint density at radius 3 is 2.33 bits per heavy atom. The molecule has 0 unspecified atom stereocenters. The SMILES string of the molecule is CN1CC=C([B-](F)(F)F)CC1.[K+]. The second-order valence-corrected chi connectivity index (χ2v) is 2.87. The summed E-state index contributed by atoms with van der Waals surface area (Å²) in [7, 11) is 1.82. The molecule has 1 aliphatic heterocycles. The molecule has 0 aromatic carbocycles. The zero-order valence-corrected chi connectivity index (χ0v) is 10.5. The first-order valence-corrected chi connectivity index (χ1v) is 3.57. The van der Waals surface area contributed by atoms with Gasteiger partial charge in [-0.25, -0.2) is 0 Å². The van der Waals surface area contributed by atoms with Crippen molar-refractivity contribution >= 4 is 6.98 Å². The van der Waals surface area contributed by atoms with Gasteiger partial charge in [-0.3, -0.25) is 0 Å². The van der Waals surface area contributed by atoms with Crippen LogP contribution in [0, 0.1) is 0 Å². The van der Waals surface area contributed by atoms with Gasteiger partial charge in [-0.15, -0.1) is 11.5 Å². The summed E-state index contributed by atoms with van der Waals surface area (Å²) >= 11 is 0. The van der Waals surface area contributed by atoms with Crippen molar-refractivity contribution in [1.82, 2.24) is 4.90 Å². The molecular weight excluding hydrogens is 193 g/mol. The van der Waals surface area contributed by atoms with Gasteiger partial charge in [-0.1, -0.05) is 0 Å². The van der Waals surface area contributed by atoms with Crippen molar-refractivity contribution in [1.29, 1.82) is 0 Å². The minimum absolute atomic E-state index is 0. The van der Waals surface area contributed by atoms with Gasteiger partial charge in [-0.05, 0) is 20.0 Å². The molecule has 12 heavy (non-hydrogen) atoms. The molecular formula is C6H10BF3KN. The van der Waals surface area contributed by atoms with Gasteiger partial charge in [0.1, 0.15) is 0 Å². The number of hydrogen-bond acceptors (Lipinski definition) is 1. The van der Waals surface area contributed by atoms with Gasteiger partial charge in [0.05, 0.1) is 0 Å². The molecule has 0 spiro atoms. The Kier molecular flexibility index (Phi) is 5.68. The van der Waals surface area contributed by atoms with Crippen LogP contribution in [0.4, 0.5) is 12.9 Å². The average molecular weight is 203 g/mol. The second-order valence-electron chi connectivity index (χ2n) is 2.87. The molecule has 6 heteroatoms. The van der Waals surface area contributed by atoms with Crippen molar-refractivity contribution in [3.05, 3.63) is 11.5 Å². The number of rotatable bonds is 1. The van der Waals surface area contributed by atoms with Gasteiger partial charge in [-0.2, -0.15) is 0 Å². The molecule has 0 aromatic heterocycles. The van der Waals surface area contributed by atoms with Crippen LogP contribution in [0.2, 0.25) is 0 Å². The Morgan fingerprint density at radius 1 is 1.42 bits per heavy atom. The first-order valence-electron chi connectivity index (χ1n) is 3.57. The molecule has 0 fully saturated rings. The fourth-order valence-electron chi connectivity index (χ4n) is 1.08. The minimum Gasteiger partial charge on any atom is -0.445 e. The minimum atomic E-state index is -4.71. The van der Waals surface area contributed by atoms with E-state index in [4.69, 9.17) is 0 Å². The number of halogens is 3. The first kappa shape index (κ1) is 13.2. The van der Waals surface area contributed by atoms with Crippen LogP contribution >= 0.6 is 0 Å². The average Bonchev–Trinajstić information content (AvgIpc) is 1.86. The van der Waals surface area contributed by atoms with Crippen LogP contribution in [-0.2, 0) is 0 Å². The zero-order chi connectivity index (χ0) is 8.48. The zero-order valence-electron chi connectivity index (χ0n) is 7.36. The predicted molar refractivity (Wildman–Crippen MR) is 39.3 cm³/mol. The smallest absolute Gasteiger partial charge is 0.445 e. The third kappa shape index (κ3) is 3.93. The van der Waals surface area contributed by atoms with E-state index in [9.17, 15) is 12.9 Å². The topological polar surface area (TPSA) is 3.24 Å². The van der Waals surface area contributed by atoms with Crippen LogP contribution in [0.25, 0.3) is 0 Å². The van der Waals surface area contributed by atoms with Crippen molar-refractivity contribution < 1.29 is 64.3 Å². The summed E-state index contributed by atoms with van der Waals surface area (Å²) in [6.45, 7) is -3.77. The van der Waals surface area contributed by atoms with Crippen LogP contribution in [-0.4, -0.2) is 32.0 Å². The predicted octanol–water partition coefficient (Wildman–Crippen LogP) is -1.36. The molecule has 1 nitrogen and oxygen atoms in total. The fraction of sp³-hybridized carbons (Fsp3) is 0.667. The van der Waals surface area contributed by atoms with Crippen molar-refractivity contribution in [2.75, 3.05) is 20.1 Å². The molecule has 0 radical (unpaired) electrons. The van der Waals surface area contributed by atoms with E-state index in [2.05, 4.69) is 0 Å². The summed E-state index contributed by atoms with van der Waals surface area (Å²) in [5, 5.41) is 0. The van der Waals surface area contributed by atoms with Gasteiger partial charge in [0.2, 0.25) is 0 Å². The van der Waals surface area contributed by atoms with E-state index in [1.165, 1.54) is 6.08 Å². The molecule has 0 saturated heterocycles. The monoisotopic (exact) mass is 203 g/mol. The summed E-state index contributed by atoms with van der Waals surface area (Å²) in [6, 6.07) is 0. The van der Waals surface area contributed by atoms with Gasteiger partial charge < -0.3 is 17.8 Å². The third-order valence-corrected chi connectivity index (χ3v) is 1.87. The van der Waals surface area contributed by atoms with Gasteiger partial charge in [0.15, 0.2) is 0 Å². The summed E-state index contributed by atoms with van der Waals surface area (Å²) < 4.78 is 36.1. The summed E-state index contributed by atoms with van der Waals surface area (Å²) in [5.41, 5.74) is -0.317. The maximum Gasteiger partial charge on any atom is 1.00 e. The maximum absolute atomic E-state index is 12.0. The third-order valence-electron chi connectivity index (χ3n) is 1.87. The Balaban J connectivity index is 0.00000121. The molecule has 0 N–H and O–H groups in total. The number of likely N-dealkylation sites (N-methyl/N-ethyl adjacent to an activating group) is 1. The van der Waals surface area contributed by atoms with E-state index >= 15 is 0 Å². The van der Waals surface area contributed by atoms with Crippen LogP contribution in [0.1, 0.15) is 6.42 Å². The van der Waals surface area contributed by atoms with E-state index in [-0.39, 0.29) is 63.3 Å². The largest absolute Gasteiger partial charge is 1.00 e. The first-order chi connectivity index (χ1) is 5.00. The van der Waals surface area contributed by atoms with Crippen LogP contribution in [0.5, 0.6) is 0 Å². The van der Waals surface area contributed by atoms with Crippen LogP contribution in [0.15, 0.2) is 11.5 Å². The quantitative estimate of drug-likeness (QED) is 0.476. The van der Waals surface area contributed by atoms with Gasteiger partial charge in [0, 0.05) is 6.54 Å². The Labute approximate surface area is 113 Å². The summed E-state index contributed by atoms with van der Waals surface area (Å²) in [5.74, 6) is 0. The fourth-order valence-corrected chi connectivity index (χ4v) is 1.08. The van der Waals surface area contributed by atoms with E-state index in [0.717, 1.165) is 0 Å². The molecule has 0 aromatic rings. The molecule has 0 bridgehead atoms. The maximum atomic E-state index is 12.0. The van der Waals surface area contributed by atoms with Crippen LogP contribution in [0.3, 0.4) is 0 Å². The molecule has 0 amide bonds. The van der Waals surface area contributed by atoms with E-state index in [0.29, 0.717) is 13.1 Å². The van der Waals surface area contributed by atoms with Gasteiger partial charge in [0.25, 0.3) is 0 Å². The van der Waals surface area contributed by atoms with Crippen molar-refractivity contribution in [3.63, 3.8) is 0 Å². The van der Waals surface area contributed by atoms with Crippen molar-refractivity contribution in [2.45, 2.75) is 6.42 Å². The molecule has 1 heterocycles. The molecule has 1 rings (SSSR count).